The fourth-order valence-corrected chi connectivity index (χ4v) is 3.48. The van der Waals surface area contributed by atoms with Gasteiger partial charge in [-0.2, -0.15) is 8.42 Å². The van der Waals surface area contributed by atoms with E-state index in [0.717, 1.165) is 51.4 Å². The fraction of sp³-hybridized carbons (Fsp3) is 0.857. The predicted octanol–water partition coefficient (Wildman–Crippen LogP) is 3.66. The standard InChI is InChI=1S/C20H38O7S.CH3NS2.Na.Zn.H/c1-5-9-11-16(7-3)14-26-19(21)13-18(28(23,24)25)20(22)27-15-17(8-4)12-10-6-2;2-1(3)4;;;/h16-18H,5-15H2,1-4H3,(H,23,24,25);(H3,2,3,4);;;. The van der Waals surface area contributed by atoms with Crippen LogP contribution in [0.1, 0.15) is 85.5 Å². The van der Waals surface area contributed by atoms with E-state index in [-0.39, 0.29) is 78.4 Å². The molecule has 0 bridgehead atoms. The van der Waals surface area contributed by atoms with Crippen LogP contribution in [0.2, 0.25) is 0 Å². The van der Waals surface area contributed by atoms with Gasteiger partial charge in [-0.1, -0.05) is 78.4 Å². The summed E-state index contributed by atoms with van der Waals surface area (Å²) < 4.78 is 43.0. The molecule has 0 aliphatic heterocycles. The largest absolute Gasteiger partial charge is 0 e. The van der Waals surface area contributed by atoms with Gasteiger partial charge in [0.15, 0.2) is 5.25 Å². The molecule has 0 fully saturated rings. The maximum atomic E-state index is 12.2. The molecule has 194 valence electrons. The van der Waals surface area contributed by atoms with E-state index in [0.29, 0.717) is 0 Å². The molecule has 3 unspecified atom stereocenters. The maximum absolute atomic E-state index is 12.2. The number of thiocarbonyl (C=S) groups is 1. The molecule has 0 aromatic heterocycles. The van der Waals surface area contributed by atoms with Crippen molar-refractivity contribution in [1.82, 2.24) is 0 Å². The van der Waals surface area contributed by atoms with Crippen LogP contribution >= 0.6 is 24.8 Å². The van der Waals surface area contributed by atoms with Gasteiger partial charge in [0, 0.05) is 19.5 Å². The number of thiol groups is 1. The zero-order chi connectivity index (χ0) is 25.2. The summed E-state index contributed by atoms with van der Waals surface area (Å²) in [5.74, 6) is -1.61. The van der Waals surface area contributed by atoms with Crippen molar-refractivity contribution < 1.29 is 51.5 Å². The molecule has 8 nitrogen and oxygen atoms in total. The molecule has 0 saturated carbocycles. The number of carbonyl (C=O) groups excluding carboxylic acids is 2. The topological polar surface area (TPSA) is 133 Å². The maximum Gasteiger partial charge on any atom is 0 e. The number of ether oxygens (including phenoxy) is 2. The molecule has 0 radical (unpaired) electrons. The second-order valence-electron chi connectivity index (χ2n) is 7.69. The Kier molecular flexibility index (Phi) is 31.2. The van der Waals surface area contributed by atoms with E-state index >= 15 is 0 Å². The first-order valence-electron chi connectivity index (χ1n) is 11.2. The van der Waals surface area contributed by atoms with Gasteiger partial charge in [0.25, 0.3) is 10.1 Å². The summed E-state index contributed by atoms with van der Waals surface area (Å²) in [7, 11) is -4.76. The third-order valence-electron chi connectivity index (χ3n) is 5.00. The van der Waals surface area contributed by atoms with Gasteiger partial charge in [-0.05, 0) is 24.7 Å². The number of carbonyl (C=O) groups is 2. The second kappa shape index (κ2) is 25.4. The third-order valence-corrected chi connectivity index (χ3v) is 6.08. The molecule has 3 N–H and O–H groups in total. The molecule has 0 aromatic carbocycles. The van der Waals surface area contributed by atoms with Crippen molar-refractivity contribution in [3.63, 3.8) is 0 Å². The number of nitrogens with two attached hydrogens (primary N) is 1. The summed E-state index contributed by atoms with van der Waals surface area (Å²) in [6.07, 6.45) is 6.74. The number of esters is 2. The molecular formula is C21H42NNaO7S3Zn. The summed E-state index contributed by atoms with van der Waals surface area (Å²) in [6, 6.07) is 0. The number of unbranched alkanes of at least 4 members (excludes halogenated alkanes) is 2. The Morgan fingerprint density at radius 3 is 1.68 bits per heavy atom. The Morgan fingerprint density at radius 2 is 1.35 bits per heavy atom. The van der Waals surface area contributed by atoms with Crippen LogP contribution in [0.25, 0.3) is 0 Å². The van der Waals surface area contributed by atoms with Crippen LogP contribution < -0.4 is 5.73 Å². The van der Waals surface area contributed by atoms with Crippen molar-refractivity contribution in [2.75, 3.05) is 13.2 Å². The summed E-state index contributed by atoms with van der Waals surface area (Å²) >= 11 is 7.65. The second-order valence-corrected chi connectivity index (χ2v) is 10.5. The van der Waals surface area contributed by atoms with Gasteiger partial charge < -0.3 is 15.2 Å². The molecule has 13 heteroatoms. The minimum Gasteiger partial charge on any atom is 0 e. The van der Waals surface area contributed by atoms with Crippen molar-refractivity contribution >= 4 is 80.8 Å². The van der Waals surface area contributed by atoms with Gasteiger partial charge in [-0.3, -0.25) is 14.1 Å². The predicted molar refractivity (Wildman–Crippen MR) is 141 cm³/mol. The first-order chi connectivity index (χ1) is 14.9. The quantitative estimate of drug-likeness (QED) is 0.0793. The van der Waals surface area contributed by atoms with Crippen LogP contribution in [-0.4, -0.2) is 77.3 Å². The van der Waals surface area contributed by atoms with E-state index in [9.17, 15) is 22.6 Å². The van der Waals surface area contributed by atoms with E-state index in [1.165, 1.54) is 0 Å². The molecule has 0 rings (SSSR count). The van der Waals surface area contributed by atoms with Crippen molar-refractivity contribution in [3.05, 3.63) is 0 Å². The Bertz CT molecular complexity index is 650. The zero-order valence-corrected chi connectivity index (χ0v) is 25.9. The molecule has 0 spiro atoms. The van der Waals surface area contributed by atoms with Crippen molar-refractivity contribution in [2.45, 2.75) is 90.7 Å². The minimum absolute atomic E-state index is 0. The van der Waals surface area contributed by atoms with Gasteiger partial charge in [0.1, 0.15) is 4.32 Å². The van der Waals surface area contributed by atoms with Crippen LogP contribution in [0.5, 0.6) is 0 Å². The van der Waals surface area contributed by atoms with Crippen molar-refractivity contribution in [1.29, 1.82) is 0 Å². The van der Waals surface area contributed by atoms with E-state index < -0.39 is 33.7 Å². The molecular weight excluding hydrogens is 563 g/mol. The van der Waals surface area contributed by atoms with Crippen LogP contribution in [0, 0.1) is 11.8 Å². The van der Waals surface area contributed by atoms with E-state index in [1.807, 2.05) is 13.8 Å². The minimum atomic E-state index is -4.76. The molecule has 3 atom stereocenters. The van der Waals surface area contributed by atoms with Crippen LogP contribution in [-0.2, 0) is 48.7 Å². The molecule has 0 saturated heterocycles. The average molecular weight is 605 g/mol. The van der Waals surface area contributed by atoms with Gasteiger partial charge in [0.2, 0.25) is 0 Å². The van der Waals surface area contributed by atoms with E-state index in [2.05, 4.69) is 38.7 Å². The summed E-state index contributed by atoms with van der Waals surface area (Å²) in [6.45, 7) is 8.35. The van der Waals surface area contributed by atoms with Crippen LogP contribution in [0.15, 0.2) is 0 Å². The number of hydrogen-bond donors (Lipinski definition) is 3. The fourth-order valence-electron chi connectivity index (χ4n) is 2.82. The molecule has 0 aliphatic carbocycles. The number of rotatable bonds is 16. The van der Waals surface area contributed by atoms with Crippen LogP contribution in [0.4, 0.5) is 0 Å². The Labute approximate surface area is 251 Å². The Morgan fingerprint density at radius 1 is 0.971 bits per heavy atom. The SMILES string of the molecule is CCCCC(CC)COC(=O)CC(C(=O)OCC(CC)CCCC)S(=O)(=O)O.NC(=S)S.[NaH].[Zn]. The summed E-state index contributed by atoms with van der Waals surface area (Å²) in [5, 5.41) is -1.95. The Balaban J connectivity index is -0.000000690. The smallest absolute Gasteiger partial charge is 0 e. The Hall–Kier alpha value is 0.713. The van der Waals surface area contributed by atoms with Gasteiger partial charge in [-0.25, -0.2) is 0 Å². The summed E-state index contributed by atoms with van der Waals surface area (Å²) in [4.78, 5) is 24.2. The van der Waals surface area contributed by atoms with Gasteiger partial charge in [0.05, 0.1) is 19.6 Å². The first-order valence-corrected chi connectivity index (χ1v) is 13.5. The van der Waals surface area contributed by atoms with E-state index in [1.54, 1.807) is 0 Å². The average Bonchev–Trinajstić information content (AvgIpc) is 2.70. The van der Waals surface area contributed by atoms with Crippen LogP contribution in [0.3, 0.4) is 0 Å². The number of hydrogen-bond acceptors (Lipinski definition) is 7. The molecule has 0 heterocycles. The normalized spacial score (nSPS) is 13.0. The molecule has 0 amide bonds. The van der Waals surface area contributed by atoms with Crippen molar-refractivity contribution in [3.8, 4) is 0 Å². The molecule has 34 heavy (non-hydrogen) atoms. The van der Waals surface area contributed by atoms with Gasteiger partial charge >= 0.3 is 41.5 Å². The monoisotopic (exact) mass is 603 g/mol. The molecule has 0 aromatic rings. The zero-order valence-electron chi connectivity index (χ0n) is 20.5. The first kappa shape index (κ1) is 41.8. The van der Waals surface area contributed by atoms with E-state index in [4.69, 9.17) is 15.2 Å². The summed E-state index contributed by atoms with van der Waals surface area (Å²) in [5.41, 5.74) is 4.71. The van der Waals surface area contributed by atoms with Crippen molar-refractivity contribution in [2.24, 2.45) is 17.6 Å². The molecule has 0 aliphatic rings. The van der Waals surface area contributed by atoms with Gasteiger partial charge in [-0.15, -0.1) is 12.6 Å². The third kappa shape index (κ3) is 24.4.